The molecular weight excluding hydrogens is 366 g/mol. The molecule has 2 aromatic rings. The number of amides is 2. The van der Waals surface area contributed by atoms with Crippen molar-refractivity contribution in [1.29, 1.82) is 0 Å². The van der Waals surface area contributed by atoms with Gasteiger partial charge in [0.15, 0.2) is 0 Å². The normalized spacial score (nSPS) is 24.8. The van der Waals surface area contributed by atoms with Crippen molar-refractivity contribution in [3.8, 4) is 0 Å². The fourth-order valence-corrected chi connectivity index (χ4v) is 3.79. The van der Waals surface area contributed by atoms with Gasteiger partial charge in [-0.05, 0) is 25.5 Å². The minimum Gasteiger partial charge on any atom is -0.349 e. The van der Waals surface area contributed by atoms with Gasteiger partial charge in [-0.3, -0.25) is 9.59 Å². The van der Waals surface area contributed by atoms with Gasteiger partial charge in [-0.1, -0.05) is 11.6 Å². The molecule has 2 N–H and O–H groups in total. The van der Waals surface area contributed by atoms with Crippen LogP contribution in [-0.4, -0.2) is 51.7 Å². The Bertz CT molecular complexity index is 915. The Kier molecular flexibility index (Phi) is 3.73. The SMILES string of the molecule is C[C@H](NC(=O)c1cc2cc(Cl)ncc2[nH]1)C(=O)N1CC[C@@]2(C1)CC2(F)F. The number of fused-ring (bicyclic) bond motifs is 1. The van der Waals surface area contributed by atoms with Crippen LogP contribution < -0.4 is 5.32 Å². The highest BCUT2D eigenvalue weighted by molar-refractivity contribution is 6.30. The van der Waals surface area contributed by atoms with Crippen molar-refractivity contribution in [2.75, 3.05) is 13.1 Å². The number of alkyl halides is 2. The average molecular weight is 383 g/mol. The van der Waals surface area contributed by atoms with E-state index in [-0.39, 0.29) is 24.6 Å². The average Bonchev–Trinajstić information content (AvgIpc) is 2.96. The second-order valence-electron chi connectivity index (χ2n) is 7.14. The molecule has 3 heterocycles. The zero-order chi connectivity index (χ0) is 18.7. The molecule has 2 amide bonds. The molecule has 0 radical (unpaired) electrons. The van der Waals surface area contributed by atoms with Crippen LogP contribution in [-0.2, 0) is 4.79 Å². The number of nitrogens with zero attached hydrogens (tertiary/aromatic N) is 2. The van der Waals surface area contributed by atoms with Gasteiger partial charge in [0.25, 0.3) is 11.8 Å². The molecule has 138 valence electrons. The van der Waals surface area contributed by atoms with Gasteiger partial charge in [-0.25, -0.2) is 13.8 Å². The van der Waals surface area contributed by atoms with E-state index < -0.39 is 23.3 Å². The summed E-state index contributed by atoms with van der Waals surface area (Å²) in [5.74, 6) is -3.48. The molecule has 2 fully saturated rings. The Hall–Kier alpha value is -2.22. The molecule has 0 unspecified atom stereocenters. The van der Waals surface area contributed by atoms with E-state index in [4.69, 9.17) is 11.6 Å². The largest absolute Gasteiger partial charge is 0.349 e. The molecule has 1 aliphatic carbocycles. The first-order valence-electron chi connectivity index (χ1n) is 8.33. The number of pyridine rings is 1. The third kappa shape index (κ3) is 2.72. The van der Waals surface area contributed by atoms with Crippen LogP contribution in [0, 0.1) is 5.41 Å². The number of carbonyl (C=O) groups excluding carboxylic acids is 2. The number of hydrogen-bond acceptors (Lipinski definition) is 3. The Balaban J connectivity index is 1.41. The van der Waals surface area contributed by atoms with Crippen LogP contribution in [0.25, 0.3) is 10.9 Å². The zero-order valence-electron chi connectivity index (χ0n) is 14.0. The number of halogens is 3. The molecule has 9 heteroatoms. The van der Waals surface area contributed by atoms with E-state index in [2.05, 4.69) is 15.3 Å². The topological polar surface area (TPSA) is 78.1 Å². The summed E-state index contributed by atoms with van der Waals surface area (Å²) in [5, 5.41) is 3.65. The quantitative estimate of drug-likeness (QED) is 0.801. The molecule has 2 aliphatic rings. The first-order chi connectivity index (χ1) is 12.2. The lowest BCUT2D eigenvalue weighted by Gasteiger charge is -2.21. The van der Waals surface area contributed by atoms with E-state index in [1.165, 1.54) is 11.1 Å². The fourth-order valence-electron chi connectivity index (χ4n) is 3.62. The second kappa shape index (κ2) is 5.64. The first kappa shape index (κ1) is 17.2. The highest BCUT2D eigenvalue weighted by atomic mass is 35.5. The zero-order valence-corrected chi connectivity index (χ0v) is 14.7. The number of nitrogens with one attached hydrogen (secondary N) is 2. The molecule has 1 aliphatic heterocycles. The summed E-state index contributed by atoms with van der Waals surface area (Å²) in [6.45, 7) is 1.90. The highest BCUT2D eigenvalue weighted by Gasteiger charge is 2.73. The summed E-state index contributed by atoms with van der Waals surface area (Å²) in [6, 6.07) is 2.43. The van der Waals surface area contributed by atoms with Gasteiger partial charge in [0.2, 0.25) is 5.91 Å². The number of likely N-dealkylation sites (tertiary alicyclic amines) is 1. The fraction of sp³-hybridized carbons (Fsp3) is 0.471. The minimum atomic E-state index is -2.67. The van der Waals surface area contributed by atoms with Crippen molar-refractivity contribution in [2.45, 2.75) is 31.7 Å². The Morgan fingerprint density at radius 3 is 2.81 bits per heavy atom. The van der Waals surface area contributed by atoms with Gasteiger partial charge in [-0.2, -0.15) is 0 Å². The molecule has 1 saturated heterocycles. The maximum Gasteiger partial charge on any atom is 0.268 e. The molecule has 1 saturated carbocycles. The van der Waals surface area contributed by atoms with Gasteiger partial charge in [0, 0.05) is 24.9 Å². The smallest absolute Gasteiger partial charge is 0.268 e. The maximum atomic E-state index is 13.5. The van der Waals surface area contributed by atoms with Crippen molar-refractivity contribution >= 4 is 34.3 Å². The van der Waals surface area contributed by atoms with Crippen molar-refractivity contribution in [3.05, 3.63) is 29.2 Å². The molecule has 0 aromatic carbocycles. The lowest BCUT2D eigenvalue weighted by Crippen LogP contribution is -2.46. The van der Waals surface area contributed by atoms with E-state index >= 15 is 0 Å². The second-order valence-corrected chi connectivity index (χ2v) is 7.53. The number of rotatable bonds is 3. The number of aromatic amines is 1. The Labute approximate surface area is 152 Å². The van der Waals surface area contributed by atoms with Gasteiger partial charge >= 0.3 is 0 Å². The summed E-state index contributed by atoms with van der Waals surface area (Å²) in [4.78, 5) is 33.1. The monoisotopic (exact) mass is 382 g/mol. The lowest BCUT2D eigenvalue weighted by atomic mass is 10.1. The number of carbonyl (C=O) groups is 2. The summed E-state index contributed by atoms with van der Waals surface area (Å²) < 4.78 is 26.9. The molecule has 4 rings (SSSR count). The Morgan fingerprint density at radius 1 is 1.42 bits per heavy atom. The third-order valence-electron chi connectivity index (χ3n) is 5.31. The lowest BCUT2D eigenvalue weighted by molar-refractivity contribution is -0.132. The minimum absolute atomic E-state index is 0.0512. The third-order valence-corrected chi connectivity index (χ3v) is 5.52. The van der Waals surface area contributed by atoms with Crippen LogP contribution in [0.15, 0.2) is 18.3 Å². The number of hydrogen-bond donors (Lipinski definition) is 2. The van der Waals surface area contributed by atoms with E-state index in [1.54, 1.807) is 19.1 Å². The van der Waals surface area contributed by atoms with Crippen molar-refractivity contribution in [2.24, 2.45) is 5.41 Å². The van der Waals surface area contributed by atoms with Crippen LogP contribution in [0.5, 0.6) is 0 Å². The van der Waals surface area contributed by atoms with Crippen molar-refractivity contribution in [3.63, 3.8) is 0 Å². The molecule has 1 spiro atoms. The van der Waals surface area contributed by atoms with Gasteiger partial charge < -0.3 is 15.2 Å². The van der Waals surface area contributed by atoms with E-state index in [1.807, 2.05) is 0 Å². The maximum absolute atomic E-state index is 13.5. The summed E-state index contributed by atoms with van der Waals surface area (Å²) in [6.07, 6.45) is 1.67. The van der Waals surface area contributed by atoms with Crippen LogP contribution in [0.1, 0.15) is 30.3 Å². The van der Waals surface area contributed by atoms with Crippen molar-refractivity contribution in [1.82, 2.24) is 20.2 Å². The van der Waals surface area contributed by atoms with E-state index in [9.17, 15) is 18.4 Å². The summed E-state index contributed by atoms with van der Waals surface area (Å²) in [5.41, 5.74) is -0.123. The predicted octanol–water partition coefficient (Wildman–Crippen LogP) is 2.59. The summed E-state index contributed by atoms with van der Waals surface area (Å²) in [7, 11) is 0. The van der Waals surface area contributed by atoms with Gasteiger partial charge in [0.05, 0.1) is 17.1 Å². The molecule has 2 atom stereocenters. The van der Waals surface area contributed by atoms with Crippen LogP contribution in [0.2, 0.25) is 5.15 Å². The highest BCUT2D eigenvalue weighted by Crippen LogP contribution is 2.65. The van der Waals surface area contributed by atoms with Crippen LogP contribution in [0.4, 0.5) is 8.78 Å². The number of H-pyrrole nitrogens is 1. The molecule has 6 nitrogen and oxygen atoms in total. The molecule has 2 aromatic heterocycles. The van der Waals surface area contributed by atoms with Crippen LogP contribution in [0.3, 0.4) is 0 Å². The Morgan fingerprint density at radius 2 is 2.15 bits per heavy atom. The number of aromatic nitrogens is 2. The first-order valence-corrected chi connectivity index (χ1v) is 8.70. The van der Waals surface area contributed by atoms with E-state index in [0.717, 1.165) is 5.39 Å². The van der Waals surface area contributed by atoms with E-state index in [0.29, 0.717) is 23.6 Å². The molecule has 26 heavy (non-hydrogen) atoms. The predicted molar refractivity (Wildman–Crippen MR) is 91.2 cm³/mol. The summed E-state index contributed by atoms with van der Waals surface area (Å²) >= 11 is 5.83. The van der Waals surface area contributed by atoms with Crippen LogP contribution >= 0.6 is 11.6 Å². The van der Waals surface area contributed by atoms with Crippen molar-refractivity contribution < 1.29 is 18.4 Å². The standard InChI is InChI=1S/C17H17ClF2N4O2/c1-9(15(26)24-3-2-16(8-24)7-17(16,19)20)22-14(25)11-4-10-5-13(18)21-6-12(10)23-11/h4-6,9,23H,2-3,7-8H2,1H3,(H,22,25)/t9-,16-/m0/s1. The molecule has 0 bridgehead atoms. The van der Waals surface area contributed by atoms with Gasteiger partial charge in [-0.15, -0.1) is 0 Å². The molecular formula is C17H17ClF2N4O2. The van der Waals surface area contributed by atoms with Gasteiger partial charge in [0.1, 0.15) is 16.9 Å².